The molecule has 0 aliphatic heterocycles. The van der Waals surface area contributed by atoms with Crippen molar-refractivity contribution in [1.29, 1.82) is 0 Å². The molecule has 2 aromatic carbocycles. The van der Waals surface area contributed by atoms with Crippen molar-refractivity contribution < 1.29 is 9.90 Å². The lowest BCUT2D eigenvalue weighted by molar-refractivity contribution is 0.0697. The van der Waals surface area contributed by atoms with Gasteiger partial charge in [-0.3, -0.25) is 0 Å². The quantitative estimate of drug-likeness (QED) is 0.380. The summed E-state index contributed by atoms with van der Waals surface area (Å²) < 4.78 is 0. The minimum absolute atomic E-state index is 0.276. The minimum atomic E-state index is -0.927. The Morgan fingerprint density at radius 3 is 2.43 bits per heavy atom. The summed E-state index contributed by atoms with van der Waals surface area (Å²) >= 11 is 0. The summed E-state index contributed by atoms with van der Waals surface area (Å²) in [5.74, 6) is 4.73. The van der Waals surface area contributed by atoms with E-state index in [4.69, 9.17) is 16.7 Å². The van der Waals surface area contributed by atoms with Crippen LogP contribution in [0.4, 0.5) is 17.1 Å². The van der Waals surface area contributed by atoms with E-state index < -0.39 is 5.97 Å². The molecule has 0 heterocycles. The molecule has 0 saturated heterocycles. The molecule has 0 bridgehead atoms. The van der Waals surface area contributed by atoms with Crippen molar-refractivity contribution in [3.63, 3.8) is 0 Å². The number of rotatable bonds is 5. The average molecular weight is 286 g/mol. The van der Waals surface area contributed by atoms with Crippen molar-refractivity contribution in [3.8, 4) is 0 Å². The van der Waals surface area contributed by atoms with E-state index in [1.807, 2.05) is 18.2 Å². The van der Waals surface area contributed by atoms with Crippen LogP contribution in [0.25, 0.3) is 0 Å². The molecule has 0 aliphatic rings. The molecule has 0 aromatic heterocycles. The van der Waals surface area contributed by atoms with Crippen molar-refractivity contribution in [2.75, 3.05) is 23.1 Å². The van der Waals surface area contributed by atoms with Crippen LogP contribution in [0.2, 0.25) is 0 Å². The first-order valence-electron chi connectivity index (χ1n) is 6.41. The average Bonchev–Trinajstić information content (AvgIpc) is 2.45. The largest absolute Gasteiger partial charge is 0.478 e. The summed E-state index contributed by atoms with van der Waals surface area (Å²) in [4.78, 5) is 10.8. The molecule has 110 valence electrons. The van der Waals surface area contributed by atoms with Gasteiger partial charge >= 0.3 is 5.97 Å². The number of carbonyl (C=O) groups is 1. The van der Waals surface area contributed by atoms with Crippen molar-refractivity contribution in [1.82, 2.24) is 0 Å². The van der Waals surface area contributed by atoms with Gasteiger partial charge in [0.1, 0.15) is 0 Å². The number of hydrogen-bond donors (Lipinski definition) is 4. The number of carboxylic acids is 1. The van der Waals surface area contributed by atoms with Crippen LogP contribution in [0.1, 0.15) is 15.9 Å². The zero-order valence-corrected chi connectivity index (χ0v) is 11.7. The fraction of sp³-hybridized carbons (Fsp3) is 0.133. The zero-order valence-electron chi connectivity index (χ0n) is 11.7. The summed E-state index contributed by atoms with van der Waals surface area (Å²) in [6.45, 7) is 0.581. The van der Waals surface area contributed by atoms with Gasteiger partial charge in [0.25, 0.3) is 0 Å². The summed E-state index contributed by atoms with van der Waals surface area (Å²) in [7, 11) is 1.72. The molecule has 0 aliphatic carbocycles. The Morgan fingerprint density at radius 2 is 1.90 bits per heavy atom. The topological polar surface area (TPSA) is 105 Å². The molecule has 2 rings (SSSR count). The normalized spacial score (nSPS) is 10.2. The van der Waals surface area contributed by atoms with Crippen LogP contribution in [-0.4, -0.2) is 18.1 Å². The number of hydrazine groups is 1. The molecule has 0 atom stereocenters. The van der Waals surface area contributed by atoms with Gasteiger partial charge in [0.2, 0.25) is 0 Å². The van der Waals surface area contributed by atoms with Crippen LogP contribution in [0, 0.1) is 0 Å². The molecule has 21 heavy (non-hydrogen) atoms. The second-order valence-electron chi connectivity index (χ2n) is 4.74. The van der Waals surface area contributed by atoms with E-state index in [-0.39, 0.29) is 5.56 Å². The van der Waals surface area contributed by atoms with Gasteiger partial charge < -0.3 is 21.2 Å². The van der Waals surface area contributed by atoms with Crippen molar-refractivity contribution in [2.45, 2.75) is 6.54 Å². The first-order chi connectivity index (χ1) is 9.97. The van der Waals surface area contributed by atoms with Gasteiger partial charge in [0, 0.05) is 19.3 Å². The Hall–Kier alpha value is -2.73. The molecule has 0 spiro atoms. The maximum atomic E-state index is 10.8. The number of benzene rings is 2. The predicted octanol–water partition coefficient (Wildman–Crippen LogP) is 1.89. The monoisotopic (exact) mass is 286 g/mol. The van der Waals surface area contributed by atoms with E-state index in [1.54, 1.807) is 31.3 Å². The fourth-order valence-corrected chi connectivity index (χ4v) is 1.95. The second-order valence-corrected chi connectivity index (χ2v) is 4.74. The van der Waals surface area contributed by atoms with Gasteiger partial charge in [0.05, 0.1) is 16.9 Å². The number of nitrogens with zero attached hydrogens (tertiary/aromatic N) is 1. The van der Waals surface area contributed by atoms with Gasteiger partial charge in [-0.25, -0.2) is 10.6 Å². The number of aromatic carboxylic acids is 1. The summed E-state index contributed by atoms with van der Waals surface area (Å²) in [5, 5.41) is 13.5. The van der Waals surface area contributed by atoms with Gasteiger partial charge in [-0.15, -0.1) is 0 Å². The Balaban J connectivity index is 2.02. The molecule has 0 amide bonds. The lowest BCUT2D eigenvalue weighted by atomic mass is 10.1. The van der Waals surface area contributed by atoms with Crippen LogP contribution in [0.5, 0.6) is 0 Å². The van der Waals surface area contributed by atoms with Crippen molar-refractivity contribution in [3.05, 3.63) is 53.6 Å². The Labute approximate surface area is 122 Å². The van der Waals surface area contributed by atoms with Crippen LogP contribution in [0.15, 0.2) is 42.5 Å². The van der Waals surface area contributed by atoms with Crippen LogP contribution in [-0.2, 0) is 6.54 Å². The van der Waals surface area contributed by atoms with Gasteiger partial charge in [0.15, 0.2) is 0 Å². The molecular formula is C15H18N4O2. The summed E-state index contributed by atoms with van der Waals surface area (Å²) in [5.41, 5.74) is 9.40. The highest BCUT2D eigenvalue weighted by Gasteiger charge is 2.04. The van der Waals surface area contributed by atoms with Crippen molar-refractivity contribution in [2.24, 2.45) is 5.84 Å². The lowest BCUT2D eigenvalue weighted by Gasteiger charge is -2.16. The minimum Gasteiger partial charge on any atom is -0.478 e. The molecule has 6 N–H and O–H groups in total. The molecule has 0 radical (unpaired) electrons. The summed E-state index contributed by atoms with van der Waals surface area (Å²) in [6, 6.07) is 12.3. The molecule has 0 fully saturated rings. The Kier molecular flexibility index (Phi) is 4.30. The molecule has 2 aromatic rings. The van der Waals surface area contributed by atoms with E-state index in [0.717, 1.165) is 16.9 Å². The molecule has 0 unspecified atom stereocenters. The van der Waals surface area contributed by atoms with E-state index in [1.165, 1.54) is 5.01 Å². The van der Waals surface area contributed by atoms with E-state index in [9.17, 15) is 4.79 Å². The van der Waals surface area contributed by atoms with Crippen LogP contribution in [0.3, 0.4) is 0 Å². The Morgan fingerprint density at radius 1 is 1.24 bits per heavy atom. The number of anilines is 3. The van der Waals surface area contributed by atoms with Gasteiger partial charge in [-0.2, -0.15) is 0 Å². The number of nitrogens with two attached hydrogens (primary N) is 2. The third-order valence-electron chi connectivity index (χ3n) is 3.11. The highest BCUT2D eigenvalue weighted by Crippen LogP contribution is 2.24. The Bertz CT molecular complexity index is 639. The van der Waals surface area contributed by atoms with Crippen molar-refractivity contribution >= 4 is 23.0 Å². The van der Waals surface area contributed by atoms with Crippen LogP contribution < -0.4 is 21.9 Å². The summed E-state index contributed by atoms with van der Waals surface area (Å²) in [6.07, 6.45) is 0. The highest BCUT2D eigenvalue weighted by molar-refractivity contribution is 5.87. The maximum Gasteiger partial charge on any atom is 0.335 e. The number of nitrogen functional groups attached to an aromatic ring is 1. The van der Waals surface area contributed by atoms with Gasteiger partial charge in [-0.05, 0) is 35.9 Å². The SMILES string of the molecule is CN(N)c1ccc(NCc2ccc(C(=O)O)cc2)cc1N. The maximum absolute atomic E-state index is 10.8. The number of carboxylic acid groups (broad SMARTS) is 1. The molecule has 6 heteroatoms. The first-order valence-corrected chi connectivity index (χ1v) is 6.41. The second kappa shape index (κ2) is 6.15. The third kappa shape index (κ3) is 3.64. The standard InChI is InChI=1S/C15H18N4O2/c1-19(17)14-7-6-12(8-13(14)16)18-9-10-2-4-11(5-3-10)15(20)21/h2-8,18H,9,16-17H2,1H3,(H,20,21). The van der Waals surface area contributed by atoms with Gasteiger partial charge in [-0.1, -0.05) is 12.1 Å². The molecule has 0 saturated carbocycles. The first kappa shape index (κ1) is 14.7. The molecule has 6 nitrogen and oxygen atoms in total. The number of nitrogens with one attached hydrogen (secondary N) is 1. The fourth-order valence-electron chi connectivity index (χ4n) is 1.95. The smallest absolute Gasteiger partial charge is 0.335 e. The molecular weight excluding hydrogens is 268 g/mol. The third-order valence-corrected chi connectivity index (χ3v) is 3.11. The van der Waals surface area contributed by atoms with Crippen LogP contribution >= 0.6 is 0 Å². The van der Waals surface area contributed by atoms with E-state index >= 15 is 0 Å². The lowest BCUT2D eigenvalue weighted by Crippen LogP contribution is -2.25. The van der Waals surface area contributed by atoms with E-state index in [2.05, 4.69) is 5.32 Å². The number of hydrogen-bond acceptors (Lipinski definition) is 5. The zero-order chi connectivity index (χ0) is 15.4. The van der Waals surface area contributed by atoms with E-state index in [0.29, 0.717) is 12.2 Å². The highest BCUT2D eigenvalue weighted by atomic mass is 16.4. The predicted molar refractivity (Wildman–Crippen MR) is 84.2 cm³/mol.